The van der Waals surface area contributed by atoms with Crippen LogP contribution < -0.4 is 21.9 Å². The number of nitrogen functional groups attached to an aromatic ring is 1. The van der Waals surface area contributed by atoms with E-state index < -0.39 is 0 Å². The van der Waals surface area contributed by atoms with Crippen LogP contribution in [-0.4, -0.2) is 28.0 Å². The lowest BCUT2D eigenvalue weighted by Crippen LogP contribution is -2.43. The fraction of sp³-hybridized carbons (Fsp3) is 0.643. The topological polar surface area (TPSA) is 105 Å². The van der Waals surface area contributed by atoms with E-state index >= 15 is 0 Å². The first-order valence-electron chi connectivity index (χ1n) is 6.92. The van der Waals surface area contributed by atoms with E-state index in [1.807, 2.05) is 41.5 Å². The number of hydrogen-bond acceptors (Lipinski definition) is 6. The fourth-order valence-corrected chi connectivity index (χ4v) is 1.58. The molecule has 5 N–H and O–H groups in total. The first-order chi connectivity index (χ1) is 9.51. The molecule has 7 nitrogen and oxygen atoms in total. The molecule has 0 aliphatic carbocycles. The van der Waals surface area contributed by atoms with Crippen LogP contribution >= 0.6 is 0 Å². The highest BCUT2D eigenvalue weighted by molar-refractivity contribution is 5.81. The van der Waals surface area contributed by atoms with Crippen LogP contribution in [0.3, 0.4) is 0 Å². The second kappa shape index (κ2) is 6.26. The summed E-state index contributed by atoms with van der Waals surface area (Å²) in [5.74, 6) is 7.05. The molecule has 7 heteroatoms. The highest BCUT2D eigenvalue weighted by Crippen LogP contribution is 2.21. The van der Waals surface area contributed by atoms with E-state index in [2.05, 4.69) is 26.0 Å². The second-order valence-corrected chi connectivity index (χ2v) is 7.01. The molecule has 0 atom stereocenters. The molecular formula is C14H26N6O. The summed E-state index contributed by atoms with van der Waals surface area (Å²) >= 11 is 0. The van der Waals surface area contributed by atoms with Gasteiger partial charge in [-0.05, 0) is 20.8 Å². The third-order valence-electron chi connectivity index (χ3n) is 2.49. The fourth-order valence-electron chi connectivity index (χ4n) is 1.58. The summed E-state index contributed by atoms with van der Waals surface area (Å²) in [5, 5.41) is 5.87. The molecule has 0 aromatic carbocycles. The van der Waals surface area contributed by atoms with E-state index in [1.165, 1.54) is 0 Å². The first kappa shape index (κ1) is 17.2. The Hall–Kier alpha value is -1.89. The molecule has 0 unspecified atom stereocenters. The van der Waals surface area contributed by atoms with Crippen LogP contribution in [0.2, 0.25) is 0 Å². The number of amides is 1. The Morgan fingerprint density at radius 1 is 1.14 bits per heavy atom. The highest BCUT2D eigenvalue weighted by Gasteiger charge is 2.19. The number of carbonyl (C=O) groups is 1. The first-order valence-corrected chi connectivity index (χ1v) is 6.92. The summed E-state index contributed by atoms with van der Waals surface area (Å²) in [7, 11) is 0. The number of nitrogens with zero attached hydrogens (tertiary/aromatic N) is 2. The van der Waals surface area contributed by atoms with E-state index in [9.17, 15) is 4.79 Å². The third-order valence-corrected chi connectivity index (χ3v) is 2.49. The van der Waals surface area contributed by atoms with Gasteiger partial charge in [0.2, 0.25) is 5.91 Å². The Balaban J connectivity index is 2.82. The SMILES string of the molecule is CC(C)(C)NC(=O)CNc1cc(NN)nc(C(C)(C)C)n1. The van der Waals surface area contributed by atoms with Gasteiger partial charge in [-0.15, -0.1) is 0 Å². The summed E-state index contributed by atoms with van der Waals surface area (Å²) in [4.78, 5) is 20.6. The average molecular weight is 294 g/mol. The van der Waals surface area contributed by atoms with Crippen LogP contribution in [0.15, 0.2) is 6.07 Å². The van der Waals surface area contributed by atoms with Crippen molar-refractivity contribution in [3.05, 3.63) is 11.9 Å². The lowest BCUT2D eigenvalue weighted by atomic mass is 9.96. The predicted molar refractivity (Wildman–Crippen MR) is 84.9 cm³/mol. The number of nitrogens with two attached hydrogens (primary N) is 1. The Labute approximate surface area is 126 Å². The molecule has 0 aliphatic heterocycles. The summed E-state index contributed by atoms with van der Waals surface area (Å²) in [6.45, 7) is 12.0. The van der Waals surface area contributed by atoms with Gasteiger partial charge in [0, 0.05) is 17.0 Å². The third kappa shape index (κ3) is 5.95. The minimum Gasteiger partial charge on any atom is -0.361 e. The van der Waals surface area contributed by atoms with Crippen molar-refractivity contribution < 1.29 is 4.79 Å². The molecule has 1 aromatic heterocycles. The van der Waals surface area contributed by atoms with Gasteiger partial charge >= 0.3 is 0 Å². The van der Waals surface area contributed by atoms with Gasteiger partial charge in [0.15, 0.2) is 0 Å². The van der Waals surface area contributed by atoms with E-state index in [0.717, 1.165) is 0 Å². The monoisotopic (exact) mass is 294 g/mol. The standard InChI is InChI=1S/C14H26N6O/c1-13(2,3)12-17-9(7-10(18-12)20-15)16-8-11(21)19-14(4,5)6/h7H,8,15H2,1-6H3,(H,19,21)(H2,16,17,18,20). The minimum atomic E-state index is -0.259. The lowest BCUT2D eigenvalue weighted by molar-refractivity contribution is -0.120. The van der Waals surface area contributed by atoms with Crippen LogP contribution in [-0.2, 0) is 10.2 Å². The quantitative estimate of drug-likeness (QED) is 0.494. The van der Waals surface area contributed by atoms with Gasteiger partial charge in [-0.1, -0.05) is 20.8 Å². The summed E-state index contributed by atoms with van der Waals surface area (Å²) < 4.78 is 0. The number of carbonyl (C=O) groups excluding carboxylic acids is 1. The molecular weight excluding hydrogens is 268 g/mol. The van der Waals surface area contributed by atoms with E-state index in [0.29, 0.717) is 17.5 Å². The number of anilines is 2. The number of hydrogen-bond donors (Lipinski definition) is 4. The molecule has 1 rings (SSSR count). The van der Waals surface area contributed by atoms with Crippen molar-refractivity contribution in [3.8, 4) is 0 Å². The predicted octanol–water partition coefficient (Wildman–Crippen LogP) is 1.39. The summed E-state index contributed by atoms with van der Waals surface area (Å²) in [5.41, 5.74) is 2.04. The second-order valence-electron chi connectivity index (χ2n) is 7.01. The zero-order valence-corrected chi connectivity index (χ0v) is 13.7. The van der Waals surface area contributed by atoms with Crippen molar-refractivity contribution in [3.63, 3.8) is 0 Å². The van der Waals surface area contributed by atoms with Crippen molar-refractivity contribution in [1.82, 2.24) is 15.3 Å². The normalized spacial score (nSPS) is 12.0. The van der Waals surface area contributed by atoms with Crippen LogP contribution in [0.1, 0.15) is 47.4 Å². The van der Waals surface area contributed by atoms with Gasteiger partial charge in [0.05, 0.1) is 6.54 Å². The molecule has 0 aliphatic rings. The summed E-state index contributed by atoms with van der Waals surface area (Å²) in [6.07, 6.45) is 0. The van der Waals surface area contributed by atoms with Crippen LogP contribution in [0.25, 0.3) is 0 Å². The van der Waals surface area contributed by atoms with Gasteiger partial charge in [0.25, 0.3) is 0 Å². The Morgan fingerprint density at radius 3 is 2.19 bits per heavy atom. The van der Waals surface area contributed by atoms with Gasteiger partial charge in [-0.25, -0.2) is 15.8 Å². The zero-order chi connectivity index (χ0) is 16.3. The summed E-state index contributed by atoms with van der Waals surface area (Å²) in [6, 6.07) is 1.67. The van der Waals surface area contributed by atoms with Gasteiger partial charge < -0.3 is 16.1 Å². The molecule has 0 fully saturated rings. The molecule has 1 heterocycles. The maximum Gasteiger partial charge on any atom is 0.239 e. The van der Waals surface area contributed by atoms with Crippen molar-refractivity contribution >= 4 is 17.5 Å². The molecule has 1 aromatic rings. The lowest BCUT2D eigenvalue weighted by Gasteiger charge is -2.21. The Kier molecular flexibility index (Phi) is 5.11. The molecule has 0 saturated heterocycles. The molecule has 118 valence electrons. The number of aromatic nitrogens is 2. The molecule has 21 heavy (non-hydrogen) atoms. The molecule has 0 saturated carbocycles. The smallest absolute Gasteiger partial charge is 0.239 e. The van der Waals surface area contributed by atoms with Crippen LogP contribution in [0, 0.1) is 0 Å². The molecule has 0 bridgehead atoms. The largest absolute Gasteiger partial charge is 0.361 e. The van der Waals surface area contributed by atoms with Crippen LogP contribution in [0.5, 0.6) is 0 Å². The number of rotatable bonds is 4. The molecule has 0 spiro atoms. The Morgan fingerprint density at radius 2 is 1.71 bits per heavy atom. The number of nitrogens with one attached hydrogen (secondary N) is 3. The van der Waals surface area contributed by atoms with Crippen molar-refractivity contribution in [2.45, 2.75) is 52.5 Å². The van der Waals surface area contributed by atoms with E-state index in [1.54, 1.807) is 6.07 Å². The zero-order valence-electron chi connectivity index (χ0n) is 13.7. The van der Waals surface area contributed by atoms with Crippen molar-refractivity contribution in [1.29, 1.82) is 0 Å². The maximum atomic E-state index is 11.8. The van der Waals surface area contributed by atoms with E-state index in [-0.39, 0.29) is 23.4 Å². The van der Waals surface area contributed by atoms with Gasteiger partial charge in [0.1, 0.15) is 17.5 Å². The molecule has 1 amide bonds. The van der Waals surface area contributed by atoms with Gasteiger partial charge in [-0.2, -0.15) is 0 Å². The van der Waals surface area contributed by atoms with Crippen LogP contribution in [0.4, 0.5) is 11.6 Å². The van der Waals surface area contributed by atoms with Crippen molar-refractivity contribution in [2.75, 3.05) is 17.3 Å². The Bertz CT molecular complexity index is 501. The van der Waals surface area contributed by atoms with Gasteiger partial charge in [-0.3, -0.25) is 4.79 Å². The average Bonchev–Trinajstić information content (AvgIpc) is 2.33. The van der Waals surface area contributed by atoms with E-state index in [4.69, 9.17) is 5.84 Å². The highest BCUT2D eigenvalue weighted by atomic mass is 16.2. The van der Waals surface area contributed by atoms with Crippen molar-refractivity contribution in [2.24, 2.45) is 5.84 Å². The molecule has 0 radical (unpaired) electrons. The number of hydrazine groups is 1. The minimum absolute atomic E-state index is 0.0966. The maximum absolute atomic E-state index is 11.8.